The number of hydrogen-bond donors (Lipinski definition) is 1. The van der Waals surface area contributed by atoms with Crippen LogP contribution in [0.15, 0.2) is 24.3 Å². The first-order valence-corrected chi connectivity index (χ1v) is 10.1. The van der Waals surface area contributed by atoms with Crippen LogP contribution in [0, 0.1) is 0 Å². The molecular formula is C20H29N3O5. The standard InChI is InChI=1S/C20H29N3O5/c24-16(14-22-9-11-26-12-10-22)13-21-5-7-23(8-6-21)20(25)19-15-27-17-3-1-2-4-18(17)28-19/h1-4,16,19,24H,5-15H2/t16-,19+/m0/s1. The zero-order valence-electron chi connectivity index (χ0n) is 16.2. The van der Waals surface area contributed by atoms with E-state index in [-0.39, 0.29) is 18.6 Å². The Bertz CT molecular complexity index is 659. The molecule has 0 unspecified atom stereocenters. The van der Waals surface area contributed by atoms with Crippen LogP contribution in [0.5, 0.6) is 11.5 Å². The van der Waals surface area contributed by atoms with Crippen LogP contribution < -0.4 is 9.47 Å². The van der Waals surface area contributed by atoms with E-state index in [4.69, 9.17) is 14.2 Å². The topological polar surface area (TPSA) is 74.7 Å². The second kappa shape index (κ2) is 9.09. The van der Waals surface area contributed by atoms with Gasteiger partial charge in [0.25, 0.3) is 5.91 Å². The number of carbonyl (C=O) groups is 1. The molecular weight excluding hydrogens is 362 g/mol. The zero-order chi connectivity index (χ0) is 19.3. The minimum Gasteiger partial charge on any atom is -0.485 e. The number of aliphatic hydroxyl groups excluding tert-OH is 1. The van der Waals surface area contributed by atoms with Crippen molar-refractivity contribution in [3.05, 3.63) is 24.3 Å². The summed E-state index contributed by atoms with van der Waals surface area (Å²) < 4.78 is 16.8. The van der Waals surface area contributed by atoms with E-state index < -0.39 is 6.10 Å². The Morgan fingerprint density at radius 2 is 1.64 bits per heavy atom. The van der Waals surface area contributed by atoms with Crippen molar-refractivity contribution < 1.29 is 24.1 Å². The first kappa shape index (κ1) is 19.4. The van der Waals surface area contributed by atoms with Crippen molar-refractivity contribution in [2.75, 3.05) is 72.2 Å². The summed E-state index contributed by atoms with van der Waals surface area (Å²) in [4.78, 5) is 19.1. The van der Waals surface area contributed by atoms with Crippen molar-refractivity contribution in [1.82, 2.24) is 14.7 Å². The van der Waals surface area contributed by atoms with Crippen molar-refractivity contribution in [2.24, 2.45) is 0 Å². The molecule has 0 bridgehead atoms. The average Bonchev–Trinajstić information content (AvgIpc) is 2.74. The van der Waals surface area contributed by atoms with Crippen molar-refractivity contribution >= 4 is 5.91 Å². The second-order valence-electron chi connectivity index (χ2n) is 7.56. The average molecular weight is 391 g/mol. The van der Waals surface area contributed by atoms with E-state index in [1.54, 1.807) is 0 Å². The molecule has 1 aromatic rings. The number of piperazine rings is 1. The van der Waals surface area contributed by atoms with E-state index in [0.29, 0.717) is 37.7 Å². The van der Waals surface area contributed by atoms with Gasteiger partial charge in [-0.05, 0) is 12.1 Å². The lowest BCUT2D eigenvalue weighted by Gasteiger charge is -2.38. The Morgan fingerprint density at radius 1 is 1.00 bits per heavy atom. The number of rotatable bonds is 5. The van der Waals surface area contributed by atoms with Gasteiger partial charge in [-0.15, -0.1) is 0 Å². The highest BCUT2D eigenvalue weighted by atomic mass is 16.6. The summed E-state index contributed by atoms with van der Waals surface area (Å²) in [5.41, 5.74) is 0. The van der Waals surface area contributed by atoms with Crippen LogP contribution in [0.4, 0.5) is 0 Å². The van der Waals surface area contributed by atoms with Crippen LogP contribution in [-0.2, 0) is 9.53 Å². The highest BCUT2D eigenvalue weighted by Gasteiger charge is 2.33. The number of nitrogens with zero attached hydrogens (tertiary/aromatic N) is 3. The van der Waals surface area contributed by atoms with E-state index in [0.717, 1.165) is 39.4 Å². The lowest BCUT2D eigenvalue weighted by Crippen LogP contribution is -2.55. The fraction of sp³-hybridized carbons (Fsp3) is 0.650. The molecule has 3 aliphatic rings. The lowest BCUT2D eigenvalue weighted by molar-refractivity contribution is -0.143. The molecule has 2 saturated heterocycles. The van der Waals surface area contributed by atoms with Gasteiger partial charge in [0.1, 0.15) is 6.61 Å². The number of morpholine rings is 1. The molecule has 0 aromatic heterocycles. The molecule has 1 amide bonds. The number of hydrogen-bond acceptors (Lipinski definition) is 7. The van der Waals surface area contributed by atoms with Gasteiger partial charge in [-0.1, -0.05) is 12.1 Å². The monoisotopic (exact) mass is 391 g/mol. The molecule has 3 aliphatic heterocycles. The number of aliphatic hydroxyl groups is 1. The van der Waals surface area contributed by atoms with Gasteiger partial charge in [0.05, 0.1) is 19.3 Å². The smallest absolute Gasteiger partial charge is 0.267 e. The first-order valence-electron chi connectivity index (χ1n) is 10.1. The molecule has 0 spiro atoms. The molecule has 1 N–H and O–H groups in total. The summed E-state index contributed by atoms with van der Waals surface area (Å²) in [5, 5.41) is 10.4. The summed E-state index contributed by atoms with van der Waals surface area (Å²) in [6.45, 7) is 7.61. The van der Waals surface area contributed by atoms with E-state index in [2.05, 4.69) is 9.80 Å². The quantitative estimate of drug-likeness (QED) is 0.736. The molecule has 4 rings (SSSR count). The number of ether oxygens (including phenoxy) is 3. The van der Waals surface area contributed by atoms with Crippen LogP contribution in [0.1, 0.15) is 0 Å². The van der Waals surface area contributed by atoms with Crippen molar-refractivity contribution in [3.63, 3.8) is 0 Å². The molecule has 0 radical (unpaired) electrons. The van der Waals surface area contributed by atoms with E-state index in [1.807, 2.05) is 29.2 Å². The number of carbonyl (C=O) groups excluding carboxylic acids is 1. The Morgan fingerprint density at radius 3 is 2.36 bits per heavy atom. The lowest BCUT2D eigenvalue weighted by atomic mass is 10.2. The van der Waals surface area contributed by atoms with Crippen LogP contribution in [0.3, 0.4) is 0 Å². The summed E-state index contributed by atoms with van der Waals surface area (Å²) in [7, 11) is 0. The maximum Gasteiger partial charge on any atom is 0.267 e. The first-order chi connectivity index (χ1) is 13.7. The van der Waals surface area contributed by atoms with Gasteiger partial charge in [0.2, 0.25) is 6.10 Å². The minimum atomic E-state index is -0.589. The molecule has 154 valence electrons. The van der Waals surface area contributed by atoms with E-state index in [1.165, 1.54) is 0 Å². The summed E-state index contributed by atoms with van der Waals surface area (Å²) in [6.07, 6.45) is -0.972. The normalized spacial score (nSPS) is 24.8. The molecule has 28 heavy (non-hydrogen) atoms. The summed E-state index contributed by atoms with van der Waals surface area (Å²) in [6, 6.07) is 7.42. The molecule has 8 nitrogen and oxygen atoms in total. The van der Waals surface area contributed by atoms with Crippen molar-refractivity contribution in [1.29, 1.82) is 0 Å². The van der Waals surface area contributed by atoms with Gasteiger partial charge in [0, 0.05) is 52.4 Å². The second-order valence-corrected chi connectivity index (χ2v) is 7.56. The van der Waals surface area contributed by atoms with Gasteiger partial charge >= 0.3 is 0 Å². The molecule has 0 aliphatic carbocycles. The molecule has 3 heterocycles. The Balaban J connectivity index is 1.21. The van der Waals surface area contributed by atoms with Crippen LogP contribution in [-0.4, -0.2) is 110 Å². The van der Waals surface area contributed by atoms with Crippen LogP contribution in [0.2, 0.25) is 0 Å². The zero-order valence-corrected chi connectivity index (χ0v) is 16.2. The Labute approximate surface area is 165 Å². The Kier molecular flexibility index (Phi) is 6.31. The molecule has 2 atom stereocenters. The van der Waals surface area contributed by atoms with Gasteiger partial charge < -0.3 is 24.2 Å². The molecule has 2 fully saturated rings. The highest BCUT2D eigenvalue weighted by molar-refractivity contribution is 5.82. The third-order valence-electron chi connectivity index (χ3n) is 5.51. The third kappa shape index (κ3) is 4.75. The highest BCUT2D eigenvalue weighted by Crippen LogP contribution is 2.31. The fourth-order valence-corrected chi connectivity index (χ4v) is 3.93. The van der Waals surface area contributed by atoms with Crippen LogP contribution in [0.25, 0.3) is 0 Å². The molecule has 0 saturated carbocycles. The Hall–Kier alpha value is -1.87. The van der Waals surface area contributed by atoms with Gasteiger partial charge in [-0.3, -0.25) is 14.6 Å². The summed E-state index contributed by atoms with van der Waals surface area (Å²) >= 11 is 0. The van der Waals surface area contributed by atoms with Crippen LogP contribution >= 0.6 is 0 Å². The largest absolute Gasteiger partial charge is 0.485 e. The van der Waals surface area contributed by atoms with E-state index >= 15 is 0 Å². The van der Waals surface area contributed by atoms with Gasteiger partial charge in [0.15, 0.2) is 11.5 Å². The SMILES string of the molecule is O=C([C@H]1COc2ccccc2O1)N1CCN(C[C@H](O)CN2CCOCC2)CC1. The predicted octanol–water partition coefficient (Wildman–Crippen LogP) is -0.336. The number of amides is 1. The molecule has 8 heteroatoms. The van der Waals surface area contributed by atoms with Crippen molar-refractivity contribution in [2.45, 2.75) is 12.2 Å². The number of fused-ring (bicyclic) bond motifs is 1. The maximum atomic E-state index is 12.8. The molecule has 1 aromatic carbocycles. The number of para-hydroxylation sites is 2. The van der Waals surface area contributed by atoms with Gasteiger partial charge in [-0.25, -0.2) is 0 Å². The van der Waals surface area contributed by atoms with Crippen molar-refractivity contribution in [3.8, 4) is 11.5 Å². The maximum absolute atomic E-state index is 12.8. The fourth-order valence-electron chi connectivity index (χ4n) is 3.93. The number of β-amino-alcohol motifs (C(OH)–C–C–N with tert-alkyl or cyclic N) is 1. The number of benzene rings is 1. The van der Waals surface area contributed by atoms with Gasteiger partial charge in [-0.2, -0.15) is 0 Å². The predicted molar refractivity (Wildman–Crippen MR) is 103 cm³/mol. The van der Waals surface area contributed by atoms with E-state index in [9.17, 15) is 9.90 Å². The minimum absolute atomic E-state index is 0.0250. The summed E-state index contributed by atoms with van der Waals surface area (Å²) in [5.74, 6) is 1.28. The third-order valence-corrected chi connectivity index (χ3v) is 5.51.